The van der Waals surface area contributed by atoms with E-state index in [4.69, 9.17) is 0 Å². The van der Waals surface area contributed by atoms with Crippen molar-refractivity contribution < 1.29 is 9.59 Å². The summed E-state index contributed by atoms with van der Waals surface area (Å²) in [6.07, 6.45) is 12.0. The predicted molar refractivity (Wildman–Crippen MR) is 86.2 cm³/mol. The average molecular weight is 298 g/mol. The van der Waals surface area contributed by atoms with Crippen molar-refractivity contribution in [2.45, 2.75) is 59.3 Å². The van der Waals surface area contributed by atoms with E-state index in [-0.39, 0.29) is 22.0 Å². The molecule has 0 radical (unpaired) electrons. The zero-order chi connectivity index (χ0) is 15.8. The van der Waals surface area contributed by atoms with Crippen LogP contribution < -0.4 is 0 Å². The van der Waals surface area contributed by atoms with Crippen LogP contribution in [-0.2, 0) is 9.59 Å². The van der Waals surface area contributed by atoms with E-state index in [0.717, 1.165) is 38.5 Å². The fourth-order valence-corrected chi connectivity index (χ4v) is 6.62. The second kappa shape index (κ2) is 4.21. The maximum Gasteiger partial charge on any atom is 0.178 e. The van der Waals surface area contributed by atoms with Gasteiger partial charge in [0.25, 0.3) is 0 Å². The Balaban J connectivity index is 1.79. The van der Waals surface area contributed by atoms with E-state index < -0.39 is 0 Å². The number of carbonyl (C=O) groups excluding carboxylic acids is 2. The molecule has 2 heteroatoms. The van der Waals surface area contributed by atoms with Gasteiger partial charge in [-0.3, -0.25) is 9.59 Å². The third kappa shape index (κ3) is 1.56. The topological polar surface area (TPSA) is 34.1 Å². The molecule has 5 atom stereocenters. The Hall–Kier alpha value is -1.18. The van der Waals surface area contributed by atoms with E-state index in [1.807, 2.05) is 6.08 Å². The van der Waals surface area contributed by atoms with Crippen LogP contribution in [0.1, 0.15) is 59.3 Å². The van der Waals surface area contributed by atoms with Crippen molar-refractivity contribution >= 4 is 11.6 Å². The summed E-state index contributed by atoms with van der Waals surface area (Å²) >= 11 is 0. The highest BCUT2D eigenvalue weighted by Gasteiger charge is 2.63. The first-order valence-corrected chi connectivity index (χ1v) is 8.78. The number of hydrogen-bond acceptors (Lipinski definition) is 2. The Morgan fingerprint density at radius 3 is 2.55 bits per heavy atom. The van der Waals surface area contributed by atoms with Gasteiger partial charge in [0.15, 0.2) is 5.78 Å². The average Bonchev–Trinajstić information content (AvgIpc) is 2.77. The summed E-state index contributed by atoms with van der Waals surface area (Å²) in [7, 11) is 0. The van der Waals surface area contributed by atoms with E-state index >= 15 is 0 Å². The number of fused-ring (bicyclic) bond motifs is 5. The molecule has 0 amide bonds. The molecular formula is C20H26O2. The Labute approximate surface area is 133 Å². The fraction of sp³-hybridized carbons (Fsp3) is 0.700. The number of rotatable bonds is 0. The molecule has 4 aliphatic rings. The normalized spacial score (nSPS) is 50.2. The second-order valence-electron chi connectivity index (χ2n) is 8.72. The highest BCUT2D eigenvalue weighted by atomic mass is 16.1. The van der Waals surface area contributed by atoms with Crippen LogP contribution in [0, 0.1) is 28.1 Å². The quantitative estimate of drug-likeness (QED) is 0.670. The number of ketones is 2. The number of Topliss-reactive ketones (excluding diaryl/α,β-unsaturated/α-hetero) is 1. The number of hydrogen-bond donors (Lipinski definition) is 0. The van der Waals surface area contributed by atoms with Crippen LogP contribution in [0.4, 0.5) is 0 Å². The molecule has 3 fully saturated rings. The smallest absolute Gasteiger partial charge is 0.178 e. The van der Waals surface area contributed by atoms with Crippen LogP contribution in [-0.4, -0.2) is 11.6 Å². The minimum Gasteiger partial charge on any atom is -0.299 e. The van der Waals surface area contributed by atoms with Gasteiger partial charge in [-0.05, 0) is 61.5 Å². The Morgan fingerprint density at radius 2 is 1.77 bits per heavy atom. The van der Waals surface area contributed by atoms with Gasteiger partial charge in [-0.1, -0.05) is 32.4 Å². The van der Waals surface area contributed by atoms with Crippen LogP contribution in [0.2, 0.25) is 0 Å². The van der Waals surface area contributed by atoms with Gasteiger partial charge in [-0.15, -0.1) is 0 Å². The third-order valence-electron chi connectivity index (χ3n) is 7.87. The molecule has 2 nitrogen and oxygen atoms in total. The first-order chi connectivity index (χ1) is 10.3. The molecule has 0 N–H and O–H groups in total. The maximum atomic E-state index is 12.5. The van der Waals surface area contributed by atoms with E-state index in [0.29, 0.717) is 17.6 Å². The summed E-state index contributed by atoms with van der Waals surface area (Å²) in [6.45, 7) is 6.98. The summed E-state index contributed by atoms with van der Waals surface area (Å²) in [5, 5.41) is 0. The lowest BCUT2D eigenvalue weighted by Gasteiger charge is -2.61. The molecule has 0 heterocycles. The maximum absolute atomic E-state index is 12.5. The molecule has 0 bridgehead atoms. The van der Waals surface area contributed by atoms with Crippen LogP contribution in [0.15, 0.2) is 23.8 Å². The molecule has 0 saturated heterocycles. The fourth-order valence-electron chi connectivity index (χ4n) is 6.62. The second-order valence-corrected chi connectivity index (χ2v) is 8.72. The van der Waals surface area contributed by atoms with Crippen LogP contribution in [0.3, 0.4) is 0 Å². The molecule has 0 spiro atoms. The van der Waals surface area contributed by atoms with Crippen LogP contribution in [0.25, 0.3) is 0 Å². The molecule has 3 saturated carbocycles. The minimum atomic E-state index is -0.0863. The third-order valence-corrected chi connectivity index (χ3v) is 7.87. The van der Waals surface area contributed by atoms with Crippen molar-refractivity contribution in [2.75, 3.05) is 0 Å². The van der Waals surface area contributed by atoms with Crippen molar-refractivity contribution in [1.29, 1.82) is 0 Å². The standard InChI is InChI=1S/C20H26O2/c1-18-10-7-14(21)12-13(18)6-9-19(2)15-4-5-17(22)20(15,3)11-8-16(18)19/h7,10,12,15-16H,4-6,8-9,11H2,1-3H3/t15-,16+,18-,19-,20-/m0/s1. The highest BCUT2D eigenvalue weighted by molar-refractivity contribution is 6.01. The van der Waals surface area contributed by atoms with Crippen LogP contribution in [0.5, 0.6) is 0 Å². The van der Waals surface area contributed by atoms with Gasteiger partial charge >= 0.3 is 0 Å². The van der Waals surface area contributed by atoms with Crippen molar-refractivity contribution in [3.05, 3.63) is 23.8 Å². The van der Waals surface area contributed by atoms with Gasteiger partial charge in [0.2, 0.25) is 0 Å². The molecule has 0 aromatic carbocycles. The van der Waals surface area contributed by atoms with E-state index in [2.05, 4.69) is 26.8 Å². The largest absolute Gasteiger partial charge is 0.299 e. The molecule has 4 rings (SSSR count). The van der Waals surface area contributed by atoms with Gasteiger partial charge in [0.1, 0.15) is 5.78 Å². The van der Waals surface area contributed by atoms with E-state index in [1.165, 1.54) is 5.57 Å². The molecule has 0 aliphatic heterocycles. The van der Waals surface area contributed by atoms with Crippen molar-refractivity contribution in [2.24, 2.45) is 28.1 Å². The lowest BCUT2D eigenvalue weighted by molar-refractivity contribution is -0.139. The zero-order valence-corrected chi connectivity index (χ0v) is 13.9. The van der Waals surface area contributed by atoms with Crippen LogP contribution >= 0.6 is 0 Å². The van der Waals surface area contributed by atoms with E-state index in [9.17, 15) is 9.59 Å². The monoisotopic (exact) mass is 298 g/mol. The first kappa shape index (κ1) is 14.4. The summed E-state index contributed by atoms with van der Waals surface area (Å²) in [4.78, 5) is 24.3. The first-order valence-electron chi connectivity index (χ1n) is 8.78. The van der Waals surface area contributed by atoms with Gasteiger partial charge in [0, 0.05) is 17.3 Å². The summed E-state index contributed by atoms with van der Waals surface area (Å²) < 4.78 is 0. The number of carbonyl (C=O) groups is 2. The zero-order valence-electron chi connectivity index (χ0n) is 13.9. The molecule has 4 aliphatic carbocycles. The lowest BCUT2D eigenvalue weighted by atomic mass is 9.42. The molecule has 118 valence electrons. The van der Waals surface area contributed by atoms with E-state index in [1.54, 1.807) is 6.08 Å². The molecule has 0 unspecified atom stereocenters. The minimum absolute atomic E-state index is 0.0217. The lowest BCUT2D eigenvalue weighted by Crippen LogP contribution is -2.55. The molecular weight excluding hydrogens is 272 g/mol. The molecule has 22 heavy (non-hydrogen) atoms. The molecule has 0 aromatic heterocycles. The van der Waals surface area contributed by atoms with Crippen molar-refractivity contribution in [1.82, 2.24) is 0 Å². The van der Waals surface area contributed by atoms with Crippen molar-refractivity contribution in [3.8, 4) is 0 Å². The SMILES string of the molecule is C[C@@]12CCC3=CC(=O)C=C[C@]3(C)[C@H]1CC[C@]1(C)C(=O)CC[C@@H]21. The highest BCUT2D eigenvalue weighted by Crippen LogP contribution is 2.69. The summed E-state index contributed by atoms with van der Waals surface area (Å²) in [6, 6.07) is 0. The molecule has 0 aromatic rings. The van der Waals surface area contributed by atoms with Crippen molar-refractivity contribution in [3.63, 3.8) is 0 Å². The van der Waals surface area contributed by atoms with Gasteiger partial charge in [-0.25, -0.2) is 0 Å². The summed E-state index contributed by atoms with van der Waals surface area (Å²) in [5.74, 6) is 1.73. The Bertz CT molecular complexity index is 628. The predicted octanol–water partition coefficient (Wildman–Crippen LogP) is 4.25. The van der Waals surface area contributed by atoms with Gasteiger partial charge < -0.3 is 0 Å². The Kier molecular flexibility index (Phi) is 2.76. The summed E-state index contributed by atoms with van der Waals surface area (Å²) in [5.41, 5.74) is 1.50. The van der Waals surface area contributed by atoms with Gasteiger partial charge in [0.05, 0.1) is 0 Å². The van der Waals surface area contributed by atoms with Gasteiger partial charge in [-0.2, -0.15) is 0 Å². The Morgan fingerprint density at radius 1 is 1.00 bits per heavy atom. The number of allylic oxidation sites excluding steroid dienone is 4.